The lowest BCUT2D eigenvalue weighted by molar-refractivity contribution is -0.0676. The van der Waals surface area contributed by atoms with Gasteiger partial charge in [0.15, 0.2) is 0 Å². The number of hydrogen-bond acceptors (Lipinski definition) is 2. The first-order valence-corrected chi connectivity index (χ1v) is 4.72. The maximum Gasteiger partial charge on any atom is 0.460 e. The molecule has 0 saturated carbocycles. The summed E-state index contributed by atoms with van der Waals surface area (Å²) in [5.41, 5.74) is 0.900. The summed E-state index contributed by atoms with van der Waals surface area (Å²) in [7, 11) is 0. The lowest BCUT2D eigenvalue weighted by Gasteiger charge is -2.10. The van der Waals surface area contributed by atoms with Crippen LogP contribution in [0.3, 0.4) is 0 Å². The molecule has 0 spiro atoms. The van der Waals surface area contributed by atoms with Crippen LogP contribution in [-0.4, -0.2) is 11.2 Å². The highest BCUT2D eigenvalue weighted by molar-refractivity contribution is 7.80. The van der Waals surface area contributed by atoms with Gasteiger partial charge in [-0.3, -0.25) is 0 Å². The van der Waals surface area contributed by atoms with E-state index in [2.05, 4.69) is 17.0 Å². The van der Waals surface area contributed by atoms with E-state index in [0.717, 1.165) is 12.0 Å². The fourth-order valence-corrected chi connectivity index (χ4v) is 1.09. The molecule has 0 unspecified atom stereocenters. The molecule has 0 aliphatic carbocycles. The van der Waals surface area contributed by atoms with Gasteiger partial charge in [-0.15, -0.1) is 0 Å². The second-order valence-electron chi connectivity index (χ2n) is 2.89. The molecule has 0 saturated heterocycles. The zero-order valence-electron chi connectivity index (χ0n) is 7.97. The number of aryl methyl sites for hydroxylation is 1. The Kier molecular flexibility index (Phi) is 3.68. The van der Waals surface area contributed by atoms with Crippen LogP contribution in [0.15, 0.2) is 24.3 Å². The van der Waals surface area contributed by atoms with Crippen LogP contribution >= 0.6 is 12.2 Å². The van der Waals surface area contributed by atoms with Gasteiger partial charge in [0.2, 0.25) is 0 Å². The molecule has 5 heteroatoms. The second-order valence-corrected chi connectivity index (χ2v) is 3.26. The number of thiocarbonyl (C=S) groups is 1. The first-order chi connectivity index (χ1) is 6.93. The van der Waals surface area contributed by atoms with E-state index in [1.807, 2.05) is 13.0 Å². The highest BCUT2D eigenvalue weighted by Gasteiger charge is 2.36. The van der Waals surface area contributed by atoms with Crippen molar-refractivity contribution in [2.75, 3.05) is 0 Å². The predicted molar refractivity (Wildman–Crippen MR) is 55.1 cm³/mol. The lowest BCUT2D eigenvalue weighted by atomic mass is 10.2. The third-order valence-electron chi connectivity index (χ3n) is 1.75. The quantitative estimate of drug-likeness (QED) is 0.724. The van der Waals surface area contributed by atoms with Gasteiger partial charge in [-0.25, -0.2) is 0 Å². The number of ether oxygens (including phenoxy) is 1. The zero-order valence-corrected chi connectivity index (χ0v) is 8.78. The van der Waals surface area contributed by atoms with Crippen LogP contribution in [0.2, 0.25) is 0 Å². The minimum atomic E-state index is -4.59. The average molecular weight is 234 g/mol. The Hall–Kier alpha value is -1.10. The van der Waals surface area contributed by atoms with Crippen LogP contribution in [0.25, 0.3) is 0 Å². The van der Waals surface area contributed by atoms with Gasteiger partial charge in [0.25, 0.3) is 5.05 Å². The maximum atomic E-state index is 12.1. The summed E-state index contributed by atoms with van der Waals surface area (Å²) < 4.78 is 40.7. The Bertz CT molecular complexity index is 360. The number of alkyl halides is 3. The molecule has 0 atom stereocenters. The van der Waals surface area contributed by atoms with Crippen molar-refractivity contribution < 1.29 is 17.9 Å². The molecule has 0 N–H and O–H groups in total. The van der Waals surface area contributed by atoms with Crippen molar-refractivity contribution in [3.05, 3.63) is 29.8 Å². The Morgan fingerprint density at radius 2 is 2.07 bits per heavy atom. The summed E-state index contributed by atoms with van der Waals surface area (Å²) in [6.07, 6.45) is -3.85. The number of hydrogen-bond donors (Lipinski definition) is 0. The zero-order chi connectivity index (χ0) is 11.5. The maximum absolute atomic E-state index is 12.1. The molecule has 82 valence electrons. The summed E-state index contributed by atoms with van der Waals surface area (Å²) >= 11 is 4.11. The van der Waals surface area contributed by atoms with Crippen molar-refractivity contribution in [2.45, 2.75) is 19.5 Å². The monoisotopic (exact) mass is 234 g/mol. The Labute approximate surface area is 90.9 Å². The van der Waals surface area contributed by atoms with E-state index in [1.54, 1.807) is 6.07 Å². The molecule has 1 aromatic carbocycles. The summed E-state index contributed by atoms with van der Waals surface area (Å²) in [5, 5.41) is -1.37. The molecule has 1 nitrogen and oxygen atoms in total. The summed E-state index contributed by atoms with van der Waals surface area (Å²) in [6.45, 7) is 1.90. The normalized spacial score (nSPS) is 11.2. The summed E-state index contributed by atoms with van der Waals surface area (Å²) in [6, 6.07) is 6.42. The van der Waals surface area contributed by atoms with Crippen LogP contribution in [0, 0.1) is 0 Å². The fourth-order valence-electron chi connectivity index (χ4n) is 0.994. The number of halogens is 3. The second kappa shape index (κ2) is 4.61. The molecule has 0 aromatic heterocycles. The highest BCUT2D eigenvalue weighted by atomic mass is 32.1. The molecule has 1 rings (SSSR count). The Balaban J connectivity index is 2.77. The topological polar surface area (TPSA) is 9.23 Å². The summed E-state index contributed by atoms with van der Waals surface area (Å²) in [5.74, 6) is 0.122. The molecular formula is C10H9F3OS. The third kappa shape index (κ3) is 3.51. The van der Waals surface area contributed by atoms with Crippen LogP contribution in [-0.2, 0) is 6.42 Å². The van der Waals surface area contributed by atoms with Gasteiger partial charge in [-0.2, -0.15) is 13.2 Å². The van der Waals surface area contributed by atoms with E-state index in [0.29, 0.717) is 0 Å². The lowest BCUT2D eigenvalue weighted by Crippen LogP contribution is -2.26. The van der Waals surface area contributed by atoms with Crippen LogP contribution < -0.4 is 4.74 Å². The van der Waals surface area contributed by atoms with E-state index in [4.69, 9.17) is 0 Å². The SMILES string of the molecule is CCc1cccc(OC(=S)C(F)(F)F)c1. The highest BCUT2D eigenvalue weighted by Crippen LogP contribution is 2.22. The average Bonchev–Trinajstić information content (AvgIpc) is 2.16. The summed E-state index contributed by atoms with van der Waals surface area (Å²) in [4.78, 5) is 0. The predicted octanol–water partition coefficient (Wildman–Crippen LogP) is 3.52. The third-order valence-corrected chi connectivity index (χ3v) is 2.06. The smallest absolute Gasteiger partial charge is 0.441 e. The molecule has 0 heterocycles. The van der Waals surface area contributed by atoms with Gasteiger partial charge in [0, 0.05) is 0 Å². The van der Waals surface area contributed by atoms with Crippen LogP contribution in [0.5, 0.6) is 5.75 Å². The molecule has 0 bridgehead atoms. The van der Waals surface area contributed by atoms with Gasteiger partial charge in [0.05, 0.1) is 0 Å². The first kappa shape index (κ1) is 12.0. The molecule has 0 radical (unpaired) electrons. The first-order valence-electron chi connectivity index (χ1n) is 4.31. The molecule has 15 heavy (non-hydrogen) atoms. The van der Waals surface area contributed by atoms with E-state index in [9.17, 15) is 13.2 Å². The molecule has 0 aliphatic rings. The molecule has 0 fully saturated rings. The van der Waals surface area contributed by atoms with Gasteiger partial charge in [-0.1, -0.05) is 19.1 Å². The van der Waals surface area contributed by atoms with Crippen molar-refractivity contribution in [3.63, 3.8) is 0 Å². The number of rotatable bonds is 2. The molecule has 0 aliphatic heterocycles. The molecule has 0 amide bonds. The minimum absolute atomic E-state index is 0.122. The Morgan fingerprint density at radius 3 is 2.60 bits per heavy atom. The van der Waals surface area contributed by atoms with Crippen molar-refractivity contribution in [2.24, 2.45) is 0 Å². The van der Waals surface area contributed by atoms with E-state index in [1.165, 1.54) is 12.1 Å². The standard InChI is InChI=1S/C10H9F3OS/c1-2-7-4-3-5-8(6-7)14-9(15)10(11,12)13/h3-6H,2H2,1H3. The molecule has 1 aromatic rings. The minimum Gasteiger partial charge on any atom is -0.441 e. The van der Waals surface area contributed by atoms with Gasteiger partial charge in [-0.05, 0) is 36.3 Å². The van der Waals surface area contributed by atoms with Gasteiger partial charge >= 0.3 is 6.18 Å². The van der Waals surface area contributed by atoms with E-state index in [-0.39, 0.29) is 5.75 Å². The largest absolute Gasteiger partial charge is 0.460 e. The van der Waals surface area contributed by atoms with Crippen molar-refractivity contribution in [1.29, 1.82) is 0 Å². The molecular weight excluding hydrogens is 225 g/mol. The van der Waals surface area contributed by atoms with E-state index >= 15 is 0 Å². The van der Waals surface area contributed by atoms with Crippen molar-refractivity contribution >= 4 is 17.3 Å². The van der Waals surface area contributed by atoms with Crippen molar-refractivity contribution in [1.82, 2.24) is 0 Å². The number of benzene rings is 1. The van der Waals surface area contributed by atoms with Gasteiger partial charge < -0.3 is 4.74 Å². The van der Waals surface area contributed by atoms with E-state index < -0.39 is 11.2 Å². The van der Waals surface area contributed by atoms with Crippen molar-refractivity contribution in [3.8, 4) is 5.75 Å². The fraction of sp³-hybridized carbons (Fsp3) is 0.300. The van der Waals surface area contributed by atoms with Crippen LogP contribution in [0.1, 0.15) is 12.5 Å². The van der Waals surface area contributed by atoms with Gasteiger partial charge in [0.1, 0.15) is 5.75 Å². The Morgan fingerprint density at radius 1 is 1.40 bits per heavy atom. The van der Waals surface area contributed by atoms with Crippen LogP contribution in [0.4, 0.5) is 13.2 Å².